The predicted octanol–water partition coefficient (Wildman–Crippen LogP) is 1.46. The van der Waals surface area contributed by atoms with Crippen LogP contribution >= 0.6 is 0 Å². The third-order valence-electron chi connectivity index (χ3n) is 3.94. The molecule has 2 aliphatic rings. The number of fused-ring (bicyclic) bond motifs is 1. The second-order valence-corrected chi connectivity index (χ2v) is 5.39. The molecule has 1 aromatic carbocycles. The topological polar surface area (TPSA) is 73.6 Å². The van der Waals surface area contributed by atoms with E-state index in [4.69, 9.17) is 15.2 Å². The smallest absolute Gasteiger partial charge is 0.251 e. The minimum Gasteiger partial charge on any atom is -0.486 e. The van der Waals surface area contributed by atoms with Gasteiger partial charge in [0, 0.05) is 17.6 Å². The molecule has 108 valence electrons. The van der Waals surface area contributed by atoms with Gasteiger partial charge in [-0.1, -0.05) is 12.8 Å². The first-order chi connectivity index (χ1) is 9.74. The lowest BCUT2D eigenvalue weighted by molar-refractivity contribution is 0.0920. The molecule has 3 N–H and O–H groups in total. The largest absolute Gasteiger partial charge is 0.486 e. The van der Waals surface area contributed by atoms with Gasteiger partial charge in [0.15, 0.2) is 11.5 Å². The van der Waals surface area contributed by atoms with Crippen molar-refractivity contribution < 1.29 is 14.3 Å². The van der Waals surface area contributed by atoms with Crippen molar-refractivity contribution in [1.29, 1.82) is 0 Å². The minimum atomic E-state index is -0.0932. The van der Waals surface area contributed by atoms with E-state index in [1.54, 1.807) is 18.2 Å². The van der Waals surface area contributed by atoms with Crippen LogP contribution in [0.3, 0.4) is 0 Å². The molecule has 1 aliphatic carbocycles. The summed E-state index contributed by atoms with van der Waals surface area (Å²) in [6.45, 7) is 1.07. The molecule has 0 spiro atoms. The van der Waals surface area contributed by atoms with Gasteiger partial charge in [0.1, 0.15) is 13.2 Å². The molecule has 20 heavy (non-hydrogen) atoms. The van der Waals surface area contributed by atoms with Crippen LogP contribution in [0.1, 0.15) is 36.0 Å². The normalized spacial score (nSPS) is 25.1. The molecule has 0 saturated heterocycles. The second kappa shape index (κ2) is 5.71. The maximum Gasteiger partial charge on any atom is 0.251 e. The molecule has 1 aromatic rings. The molecule has 1 aliphatic heterocycles. The van der Waals surface area contributed by atoms with Gasteiger partial charge in [0.2, 0.25) is 0 Å². The molecule has 0 bridgehead atoms. The Hall–Kier alpha value is -1.75. The van der Waals surface area contributed by atoms with E-state index in [2.05, 4.69) is 5.32 Å². The Kier molecular flexibility index (Phi) is 3.78. The molecule has 0 aromatic heterocycles. The number of carbonyl (C=O) groups is 1. The number of benzene rings is 1. The fourth-order valence-electron chi connectivity index (χ4n) is 2.78. The third kappa shape index (κ3) is 2.72. The molecule has 1 amide bonds. The van der Waals surface area contributed by atoms with Gasteiger partial charge < -0.3 is 20.5 Å². The molecule has 0 unspecified atom stereocenters. The van der Waals surface area contributed by atoms with Crippen molar-refractivity contribution in [2.24, 2.45) is 5.73 Å². The average molecular weight is 276 g/mol. The van der Waals surface area contributed by atoms with Crippen molar-refractivity contribution in [3.05, 3.63) is 23.8 Å². The zero-order valence-corrected chi connectivity index (χ0v) is 11.4. The number of hydrogen-bond acceptors (Lipinski definition) is 4. The number of rotatable bonds is 2. The zero-order valence-electron chi connectivity index (χ0n) is 11.4. The molecule has 1 saturated carbocycles. The van der Waals surface area contributed by atoms with Crippen LogP contribution in [-0.4, -0.2) is 31.2 Å². The van der Waals surface area contributed by atoms with E-state index >= 15 is 0 Å². The van der Waals surface area contributed by atoms with Crippen molar-refractivity contribution in [1.82, 2.24) is 5.32 Å². The van der Waals surface area contributed by atoms with E-state index in [0.29, 0.717) is 30.3 Å². The summed E-state index contributed by atoms with van der Waals surface area (Å²) in [6.07, 6.45) is 4.21. The highest BCUT2D eigenvalue weighted by atomic mass is 16.6. The summed E-state index contributed by atoms with van der Waals surface area (Å²) in [5, 5.41) is 3.03. The summed E-state index contributed by atoms with van der Waals surface area (Å²) in [4.78, 5) is 12.3. The van der Waals surface area contributed by atoms with Gasteiger partial charge in [-0.3, -0.25) is 4.79 Å². The Morgan fingerprint density at radius 3 is 2.70 bits per heavy atom. The van der Waals surface area contributed by atoms with Gasteiger partial charge in [0.25, 0.3) is 5.91 Å². The fraction of sp³-hybridized carbons (Fsp3) is 0.533. The zero-order chi connectivity index (χ0) is 13.9. The van der Waals surface area contributed by atoms with Gasteiger partial charge in [-0.05, 0) is 31.0 Å². The van der Waals surface area contributed by atoms with Gasteiger partial charge >= 0.3 is 0 Å². The van der Waals surface area contributed by atoms with Crippen LogP contribution in [0.4, 0.5) is 0 Å². The number of nitrogens with two attached hydrogens (primary N) is 1. The number of ether oxygens (including phenoxy) is 2. The van der Waals surface area contributed by atoms with Crippen LogP contribution in [0.5, 0.6) is 11.5 Å². The lowest BCUT2D eigenvalue weighted by Crippen LogP contribution is -2.49. The maximum absolute atomic E-state index is 12.3. The van der Waals surface area contributed by atoms with Crippen LogP contribution in [0.25, 0.3) is 0 Å². The first-order valence-corrected chi connectivity index (χ1v) is 7.20. The minimum absolute atomic E-state index is 0.0601. The maximum atomic E-state index is 12.3. The number of amides is 1. The summed E-state index contributed by atoms with van der Waals surface area (Å²) >= 11 is 0. The van der Waals surface area contributed by atoms with E-state index in [-0.39, 0.29) is 18.0 Å². The van der Waals surface area contributed by atoms with E-state index in [1.165, 1.54) is 0 Å². The van der Waals surface area contributed by atoms with Crippen LogP contribution in [0.2, 0.25) is 0 Å². The lowest BCUT2D eigenvalue weighted by atomic mass is 9.91. The summed E-state index contributed by atoms with van der Waals surface area (Å²) in [5.74, 6) is 1.24. The van der Waals surface area contributed by atoms with Crippen molar-refractivity contribution in [2.45, 2.75) is 37.8 Å². The van der Waals surface area contributed by atoms with Crippen molar-refractivity contribution in [2.75, 3.05) is 13.2 Å². The van der Waals surface area contributed by atoms with Gasteiger partial charge in [0.05, 0.1) is 0 Å². The standard InChI is InChI=1S/C15H20N2O3/c16-11-3-1-2-4-12(11)17-15(18)10-5-6-13-14(9-10)20-8-7-19-13/h5-6,9,11-12H,1-4,7-8,16H2,(H,17,18)/t11-,12-/m0/s1. The highest BCUT2D eigenvalue weighted by Gasteiger charge is 2.24. The molecule has 2 atom stereocenters. The number of nitrogens with one attached hydrogen (secondary N) is 1. The van der Waals surface area contributed by atoms with E-state index in [1.807, 2.05) is 0 Å². The Morgan fingerprint density at radius 1 is 1.15 bits per heavy atom. The quantitative estimate of drug-likeness (QED) is 0.857. The molecule has 1 fully saturated rings. The number of carbonyl (C=O) groups excluding carboxylic acids is 1. The average Bonchev–Trinajstić information content (AvgIpc) is 2.49. The van der Waals surface area contributed by atoms with Crippen LogP contribution < -0.4 is 20.5 Å². The van der Waals surface area contributed by atoms with Crippen molar-refractivity contribution >= 4 is 5.91 Å². The predicted molar refractivity (Wildman–Crippen MR) is 75.1 cm³/mol. The number of hydrogen-bond donors (Lipinski definition) is 2. The molecule has 0 radical (unpaired) electrons. The molecular formula is C15H20N2O3. The highest BCUT2D eigenvalue weighted by molar-refractivity contribution is 5.95. The van der Waals surface area contributed by atoms with Gasteiger partial charge in [-0.15, -0.1) is 0 Å². The van der Waals surface area contributed by atoms with Crippen LogP contribution in [0.15, 0.2) is 18.2 Å². The Morgan fingerprint density at radius 2 is 1.90 bits per heavy atom. The summed E-state index contributed by atoms with van der Waals surface area (Å²) in [6, 6.07) is 5.41. The summed E-state index contributed by atoms with van der Waals surface area (Å²) in [5.41, 5.74) is 6.65. The van der Waals surface area contributed by atoms with Crippen LogP contribution in [-0.2, 0) is 0 Å². The fourth-order valence-corrected chi connectivity index (χ4v) is 2.78. The van der Waals surface area contributed by atoms with Crippen molar-refractivity contribution in [3.8, 4) is 11.5 Å². The summed E-state index contributed by atoms with van der Waals surface area (Å²) < 4.78 is 10.9. The van der Waals surface area contributed by atoms with E-state index in [0.717, 1.165) is 25.7 Å². The molecule has 3 rings (SSSR count). The van der Waals surface area contributed by atoms with Gasteiger partial charge in [-0.2, -0.15) is 0 Å². The van der Waals surface area contributed by atoms with Gasteiger partial charge in [-0.25, -0.2) is 0 Å². The van der Waals surface area contributed by atoms with E-state index < -0.39 is 0 Å². The van der Waals surface area contributed by atoms with E-state index in [9.17, 15) is 4.79 Å². The monoisotopic (exact) mass is 276 g/mol. The SMILES string of the molecule is N[C@H]1CCCC[C@@H]1NC(=O)c1ccc2c(c1)OCCO2. The lowest BCUT2D eigenvalue weighted by Gasteiger charge is -2.29. The Bertz CT molecular complexity index is 504. The molecular weight excluding hydrogens is 256 g/mol. The second-order valence-electron chi connectivity index (χ2n) is 5.39. The molecule has 5 nitrogen and oxygen atoms in total. The third-order valence-corrected chi connectivity index (χ3v) is 3.94. The Balaban J connectivity index is 1.70. The first-order valence-electron chi connectivity index (χ1n) is 7.20. The summed E-state index contributed by atoms with van der Waals surface area (Å²) in [7, 11) is 0. The Labute approximate surface area is 118 Å². The molecule has 5 heteroatoms. The van der Waals surface area contributed by atoms with Crippen LogP contribution in [0, 0.1) is 0 Å². The first kappa shape index (κ1) is 13.2. The highest BCUT2D eigenvalue weighted by Crippen LogP contribution is 2.30. The van der Waals surface area contributed by atoms with Crippen molar-refractivity contribution in [3.63, 3.8) is 0 Å². The molecule has 1 heterocycles.